The second-order valence-corrected chi connectivity index (χ2v) is 8.23. The van der Waals surface area contributed by atoms with Crippen molar-refractivity contribution < 1.29 is 18.7 Å². The first kappa shape index (κ1) is 25.4. The number of halogens is 2. The summed E-state index contributed by atoms with van der Waals surface area (Å²) in [5, 5.41) is 8.22. The third-order valence-electron chi connectivity index (χ3n) is 5.06. The van der Waals surface area contributed by atoms with E-state index in [1.54, 1.807) is 42.5 Å². The average molecular weight is 483 g/mol. The Bertz CT molecular complexity index is 1100. The van der Waals surface area contributed by atoms with Crippen molar-refractivity contribution in [2.45, 2.75) is 45.4 Å². The minimum Gasteiger partial charge on any atom is -0.494 e. The summed E-state index contributed by atoms with van der Waals surface area (Å²) in [6.07, 6.45) is 7.22. The van der Waals surface area contributed by atoms with Crippen molar-refractivity contribution in [2.24, 2.45) is 10.2 Å². The molecule has 0 aliphatic heterocycles. The Kier molecular flexibility index (Phi) is 10.0. The number of unbranched alkanes of at least 4 members (excludes halogenated alkanes) is 5. The monoisotopic (exact) mass is 482 g/mol. The number of carbonyl (C=O) groups is 1. The van der Waals surface area contributed by atoms with E-state index >= 15 is 0 Å². The smallest absolute Gasteiger partial charge is 0.343 e. The molecule has 0 spiro atoms. The highest BCUT2D eigenvalue weighted by Gasteiger charge is 2.12. The zero-order chi connectivity index (χ0) is 24.2. The van der Waals surface area contributed by atoms with Crippen molar-refractivity contribution in [3.05, 3.63) is 83.1 Å². The van der Waals surface area contributed by atoms with Crippen molar-refractivity contribution in [3.63, 3.8) is 0 Å². The molecule has 0 saturated carbocycles. The lowest BCUT2D eigenvalue weighted by Crippen LogP contribution is -2.08. The molecule has 34 heavy (non-hydrogen) atoms. The SMILES string of the molecule is CCCCCCCCOc1ccc(C(=O)Oc2ccc(N=Nc3cccc(F)c3)cc2Cl)cc1. The van der Waals surface area contributed by atoms with E-state index in [0.717, 1.165) is 18.6 Å². The van der Waals surface area contributed by atoms with Crippen LogP contribution in [0.4, 0.5) is 15.8 Å². The van der Waals surface area contributed by atoms with Gasteiger partial charge in [0, 0.05) is 6.07 Å². The van der Waals surface area contributed by atoms with E-state index in [4.69, 9.17) is 21.1 Å². The van der Waals surface area contributed by atoms with Crippen molar-refractivity contribution >= 4 is 28.9 Å². The highest BCUT2D eigenvalue weighted by molar-refractivity contribution is 6.32. The molecule has 0 bridgehead atoms. The molecule has 0 radical (unpaired) electrons. The molecule has 0 aliphatic rings. The molecule has 0 heterocycles. The fourth-order valence-corrected chi connectivity index (χ4v) is 3.42. The maximum atomic E-state index is 13.2. The van der Waals surface area contributed by atoms with Crippen LogP contribution < -0.4 is 9.47 Å². The van der Waals surface area contributed by atoms with Gasteiger partial charge in [0.1, 0.15) is 17.3 Å². The maximum Gasteiger partial charge on any atom is 0.343 e. The first-order chi connectivity index (χ1) is 16.5. The molecule has 5 nitrogen and oxygen atoms in total. The van der Waals surface area contributed by atoms with Crippen molar-refractivity contribution in [3.8, 4) is 11.5 Å². The number of ether oxygens (including phenoxy) is 2. The molecule has 3 aromatic rings. The van der Waals surface area contributed by atoms with Crippen LogP contribution >= 0.6 is 11.6 Å². The van der Waals surface area contributed by atoms with E-state index < -0.39 is 11.8 Å². The van der Waals surface area contributed by atoms with Gasteiger partial charge in [-0.2, -0.15) is 10.2 Å². The van der Waals surface area contributed by atoms with Crippen LogP contribution in [0.15, 0.2) is 77.0 Å². The average Bonchev–Trinajstić information content (AvgIpc) is 2.84. The van der Waals surface area contributed by atoms with Gasteiger partial charge in [0.05, 0.1) is 28.6 Å². The van der Waals surface area contributed by atoms with Crippen LogP contribution in [-0.4, -0.2) is 12.6 Å². The molecule has 0 atom stereocenters. The second kappa shape index (κ2) is 13.5. The van der Waals surface area contributed by atoms with Crippen LogP contribution in [0, 0.1) is 5.82 Å². The number of esters is 1. The van der Waals surface area contributed by atoms with Gasteiger partial charge in [-0.15, -0.1) is 0 Å². The van der Waals surface area contributed by atoms with E-state index in [-0.39, 0.29) is 10.8 Å². The molecular weight excluding hydrogens is 455 g/mol. The third kappa shape index (κ3) is 8.27. The van der Waals surface area contributed by atoms with Crippen LogP contribution in [0.25, 0.3) is 0 Å². The lowest BCUT2D eigenvalue weighted by atomic mass is 10.1. The summed E-state index contributed by atoms with van der Waals surface area (Å²) in [4.78, 5) is 12.5. The number of carbonyl (C=O) groups excluding carboxylic acids is 1. The summed E-state index contributed by atoms with van der Waals surface area (Å²) < 4.78 is 24.4. The molecule has 0 N–H and O–H groups in total. The summed E-state index contributed by atoms with van der Waals surface area (Å²) in [7, 11) is 0. The Morgan fingerprint density at radius 2 is 1.59 bits per heavy atom. The molecule has 178 valence electrons. The van der Waals surface area contributed by atoms with Crippen molar-refractivity contribution in [1.82, 2.24) is 0 Å². The molecular formula is C27H28ClFN2O3. The molecule has 0 aromatic heterocycles. The predicted molar refractivity (Wildman–Crippen MR) is 132 cm³/mol. The summed E-state index contributed by atoms with van der Waals surface area (Å²) in [6.45, 7) is 2.87. The Labute approximate surface area is 204 Å². The molecule has 0 amide bonds. The lowest BCUT2D eigenvalue weighted by Gasteiger charge is -2.09. The quantitative estimate of drug-likeness (QED) is 0.112. The zero-order valence-corrected chi connectivity index (χ0v) is 19.9. The molecule has 0 saturated heterocycles. The largest absolute Gasteiger partial charge is 0.494 e. The first-order valence-corrected chi connectivity index (χ1v) is 11.8. The summed E-state index contributed by atoms with van der Waals surface area (Å²) in [6, 6.07) is 17.3. The van der Waals surface area contributed by atoms with E-state index in [2.05, 4.69) is 17.2 Å². The van der Waals surface area contributed by atoms with Gasteiger partial charge >= 0.3 is 5.97 Å². The summed E-state index contributed by atoms with van der Waals surface area (Å²) in [5.74, 6) is 0.00331. The number of hydrogen-bond donors (Lipinski definition) is 0. The van der Waals surface area contributed by atoms with Gasteiger partial charge in [0.2, 0.25) is 0 Å². The van der Waals surface area contributed by atoms with Gasteiger partial charge < -0.3 is 9.47 Å². The first-order valence-electron chi connectivity index (χ1n) is 11.5. The van der Waals surface area contributed by atoms with Gasteiger partial charge in [-0.25, -0.2) is 9.18 Å². The van der Waals surface area contributed by atoms with Crippen LogP contribution in [-0.2, 0) is 0 Å². The predicted octanol–water partition coefficient (Wildman–Crippen LogP) is 8.85. The Balaban J connectivity index is 1.50. The number of azo groups is 1. The maximum absolute atomic E-state index is 13.2. The van der Waals surface area contributed by atoms with E-state index in [9.17, 15) is 9.18 Å². The third-order valence-corrected chi connectivity index (χ3v) is 5.36. The van der Waals surface area contributed by atoms with Gasteiger partial charge in [-0.05, 0) is 61.0 Å². The number of hydrogen-bond acceptors (Lipinski definition) is 5. The normalized spacial score (nSPS) is 11.0. The molecule has 0 aliphatic carbocycles. The Morgan fingerprint density at radius 3 is 2.29 bits per heavy atom. The molecule has 0 unspecified atom stereocenters. The van der Waals surface area contributed by atoms with Crippen molar-refractivity contribution in [1.29, 1.82) is 0 Å². The fraction of sp³-hybridized carbons (Fsp3) is 0.296. The summed E-state index contributed by atoms with van der Waals surface area (Å²) >= 11 is 6.25. The van der Waals surface area contributed by atoms with E-state index in [1.165, 1.54) is 49.9 Å². The van der Waals surface area contributed by atoms with Crippen LogP contribution in [0.2, 0.25) is 5.02 Å². The van der Waals surface area contributed by atoms with Gasteiger partial charge in [0.15, 0.2) is 0 Å². The van der Waals surface area contributed by atoms with Crippen LogP contribution in [0.3, 0.4) is 0 Å². The molecule has 0 fully saturated rings. The van der Waals surface area contributed by atoms with E-state index in [0.29, 0.717) is 23.5 Å². The Hall–Kier alpha value is -3.25. The van der Waals surface area contributed by atoms with Gasteiger partial charge in [-0.1, -0.05) is 56.7 Å². The highest BCUT2D eigenvalue weighted by Crippen LogP contribution is 2.30. The van der Waals surface area contributed by atoms with Crippen LogP contribution in [0.1, 0.15) is 55.8 Å². The highest BCUT2D eigenvalue weighted by atomic mass is 35.5. The fourth-order valence-electron chi connectivity index (χ4n) is 3.21. The minimum absolute atomic E-state index is 0.208. The molecule has 3 aromatic carbocycles. The lowest BCUT2D eigenvalue weighted by molar-refractivity contribution is 0.0735. The van der Waals surface area contributed by atoms with Crippen molar-refractivity contribution in [2.75, 3.05) is 6.61 Å². The minimum atomic E-state index is -0.529. The topological polar surface area (TPSA) is 60.2 Å². The van der Waals surface area contributed by atoms with Crippen LogP contribution in [0.5, 0.6) is 11.5 Å². The van der Waals surface area contributed by atoms with E-state index in [1.807, 2.05) is 0 Å². The van der Waals surface area contributed by atoms with Gasteiger partial charge in [0.25, 0.3) is 0 Å². The standard InChI is InChI=1S/C27H28ClFN2O3/c1-2-3-4-5-6-7-17-33-24-14-11-20(12-15-24)27(32)34-26-16-13-23(19-25(26)28)31-30-22-10-8-9-21(29)18-22/h8-16,18-19H,2-7,17H2,1H3. The molecule has 3 rings (SSSR count). The Morgan fingerprint density at radius 1 is 0.882 bits per heavy atom. The zero-order valence-electron chi connectivity index (χ0n) is 19.2. The number of rotatable bonds is 12. The van der Waals surface area contributed by atoms with Gasteiger partial charge in [-0.3, -0.25) is 0 Å². The number of nitrogens with zero attached hydrogens (tertiary/aromatic N) is 2. The number of benzene rings is 3. The second-order valence-electron chi connectivity index (χ2n) is 7.82. The summed E-state index contributed by atoms with van der Waals surface area (Å²) in [5.41, 5.74) is 1.21. The molecule has 7 heteroatoms.